The average Bonchev–Trinajstić information content (AvgIpc) is 3.32. The molecular weight excluding hydrogens is 407 g/mol. The van der Waals surface area contributed by atoms with Crippen LogP contribution in [0.3, 0.4) is 0 Å². The van der Waals surface area contributed by atoms with Gasteiger partial charge in [-0.25, -0.2) is 9.37 Å². The van der Waals surface area contributed by atoms with Gasteiger partial charge in [0.05, 0.1) is 23.1 Å². The first-order valence-corrected chi connectivity index (χ1v) is 10.7. The monoisotopic (exact) mass is 432 g/mol. The number of piperazine rings is 1. The van der Waals surface area contributed by atoms with Gasteiger partial charge in [0, 0.05) is 31.2 Å². The second kappa shape index (κ2) is 8.83. The van der Waals surface area contributed by atoms with Crippen molar-refractivity contribution in [3.8, 4) is 17.2 Å². The Kier molecular flexibility index (Phi) is 5.95. The molecule has 0 bridgehead atoms. The Bertz CT molecular complexity index is 1170. The van der Waals surface area contributed by atoms with E-state index in [4.69, 9.17) is 9.40 Å². The van der Waals surface area contributed by atoms with E-state index in [0.29, 0.717) is 42.1 Å². The molecule has 32 heavy (non-hydrogen) atoms. The number of carbonyl (C=O) groups is 1. The van der Waals surface area contributed by atoms with Gasteiger partial charge >= 0.3 is 0 Å². The van der Waals surface area contributed by atoms with Gasteiger partial charge in [-0.1, -0.05) is 26.0 Å². The van der Waals surface area contributed by atoms with Gasteiger partial charge in [-0.2, -0.15) is 5.26 Å². The first kappa shape index (κ1) is 21.6. The van der Waals surface area contributed by atoms with Gasteiger partial charge in [-0.05, 0) is 42.7 Å². The molecule has 3 heterocycles. The standard InChI is InChI=1S/C25H25FN4O2/c1-16(2)23-22(18-5-4-6-21(26)11-18)12-20(13-27)24(28-23)29-8-9-30(17(3)14-29)25(31)19-7-10-32-15-19/h4-7,10-12,15-17H,8-9,14H2,1-3H3/t17-/m1/s1. The summed E-state index contributed by atoms with van der Waals surface area (Å²) in [6.07, 6.45) is 2.95. The summed E-state index contributed by atoms with van der Waals surface area (Å²) in [6, 6.07) is 12.0. The number of hydrogen-bond acceptors (Lipinski definition) is 5. The van der Waals surface area contributed by atoms with Gasteiger partial charge in [0.25, 0.3) is 5.91 Å². The fourth-order valence-electron chi connectivity index (χ4n) is 4.17. The largest absolute Gasteiger partial charge is 0.472 e. The maximum absolute atomic E-state index is 13.9. The van der Waals surface area contributed by atoms with E-state index >= 15 is 0 Å². The highest BCUT2D eigenvalue weighted by Gasteiger charge is 2.31. The van der Waals surface area contributed by atoms with Crippen molar-refractivity contribution < 1.29 is 13.6 Å². The average molecular weight is 432 g/mol. The molecule has 6 nitrogen and oxygen atoms in total. The highest BCUT2D eigenvalue weighted by atomic mass is 19.1. The number of benzene rings is 1. The summed E-state index contributed by atoms with van der Waals surface area (Å²) in [7, 11) is 0. The van der Waals surface area contributed by atoms with Crippen LogP contribution in [0.2, 0.25) is 0 Å². The van der Waals surface area contributed by atoms with Crippen LogP contribution in [0.25, 0.3) is 11.1 Å². The number of furan rings is 1. The number of rotatable bonds is 4. The van der Waals surface area contributed by atoms with Crippen LogP contribution >= 0.6 is 0 Å². The van der Waals surface area contributed by atoms with Crippen molar-refractivity contribution >= 4 is 11.7 Å². The number of pyridine rings is 1. The van der Waals surface area contributed by atoms with E-state index in [1.165, 1.54) is 24.7 Å². The molecule has 2 aromatic heterocycles. The van der Waals surface area contributed by atoms with Crippen LogP contribution in [-0.4, -0.2) is 41.5 Å². The van der Waals surface area contributed by atoms with Crippen LogP contribution in [0.5, 0.6) is 0 Å². The van der Waals surface area contributed by atoms with Crippen LogP contribution in [0.4, 0.5) is 10.2 Å². The van der Waals surface area contributed by atoms with Crippen molar-refractivity contribution in [2.45, 2.75) is 32.7 Å². The normalized spacial score (nSPS) is 16.3. The molecule has 4 rings (SSSR count). The van der Waals surface area contributed by atoms with Gasteiger partial charge in [0.2, 0.25) is 0 Å². The molecule has 1 amide bonds. The lowest BCUT2D eigenvalue weighted by molar-refractivity contribution is 0.0673. The number of carbonyl (C=O) groups excluding carboxylic acids is 1. The minimum atomic E-state index is -0.327. The maximum atomic E-state index is 13.9. The third-order valence-corrected chi connectivity index (χ3v) is 5.79. The Balaban J connectivity index is 1.66. The Hall–Kier alpha value is -3.66. The van der Waals surface area contributed by atoms with E-state index in [-0.39, 0.29) is 23.7 Å². The third-order valence-electron chi connectivity index (χ3n) is 5.79. The minimum Gasteiger partial charge on any atom is -0.472 e. The molecule has 164 valence electrons. The molecule has 1 atom stereocenters. The summed E-state index contributed by atoms with van der Waals surface area (Å²) in [5, 5.41) is 9.87. The SMILES string of the molecule is CC(C)c1nc(N2CCN(C(=O)c3ccoc3)[C@H](C)C2)c(C#N)cc1-c1cccc(F)c1. The van der Waals surface area contributed by atoms with Gasteiger partial charge < -0.3 is 14.2 Å². The lowest BCUT2D eigenvalue weighted by Gasteiger charge is -2.40. The number of halogens is 1. The zero-order chi connectivity index (χ0) is 22.8. The quantitative estimate of drug-likeness (QED) is 0.591. The van der Waals surface area contributed by atoms with Crippen LogP contribution < -0.4 is 4.90 Å². The highest BCUT2D eigenvalue weighted by Crippen LogP contribution is 2.33. The fourth-order valence-corrected chi connectivity index (χ4v) is 4.17. The predicted octanol–water partition coefficient (Wildman–Crippen LogP) is 4.83. The molecule has 1 aliphatic rings. The number of nitriles is 1. The summed E-state index contributed by atoms with van der Waals surface area (Å²) in [5.74, 6) is 0.301. The predicted molar refractivity (Wildman–Crippen MR) is 120 cm³/mol. The molecule has 7 heteroatoms. The van der Waals surface area contributed by atoms with Gasteiger partial charge in [0.15, 0.2) is 0 Å². The third kappa shape index (κ3) is 4.09. The molecule has 0 saturated carbocycles. The Labute approximate surface area is 186 Å². The number of amides is 1. The molecule has 0 aliphatic carbocycles. The summed E-state index contributed by atoms with van der Waals surface area (Å²) in [5.41, 5.74) is 3.25. The fraction of sp³-hybridized carbons (Fsp3) is 0.320. The Morgan fingerprint density at radius 1 is 1.28 bits per heavy atom. The lowest BCUT2D eigenvalue weighted by atomic mass is 9.95. The van der Waals surface area contributed by atoms with Gasteiger partial charge in [-0.3, -0.25) is 4.79 Å². The van der Waals surface area contributed by atoms with Crippen molar-refractivity contribution in [1.29, 1.82) is 5.26 Å². The first-order valence-electron chi connectivity index (χ1n) is 10.7. The van der Waals surface area contributed by atoms with E-state index in [1.807, 2.05) is 31.7 Å². The van der Waals surface area contributed by atoms with Gasteiger partial charge in [-0.15, -0.1) is 0 Å². The van der Waals surface area contributed by atoms with Gasteiger partial charge in [0.1, 0.15) is 24.0 Å². The lowest BCUT2D eigenvalue weighted by Crippen LogP contribution is -2.54. The number of hydrogen-bond donors (Lipinski definition) is 0. The Morgan fingerprint density at radius 2 is 2.09 bits per heavy atom. The summed E-state index contributed by atoms with van der Waals surface area (Å²) >= 11 is 0. The van der Waals surface area contributed by atoms with Crippen LogP contribution in [0.1, 0.15) is 48.3 Å². The molecule has 1 fully saturated rings. The van der Waals surface area contributed by atoms with Crippen molar-refractivity contribution in [2.24, 2.45) is 0 Å². The van der Waals surface area contributed by atoms with Crippen molar-refractivity contribution in [2.75, 3.05) is 24.5 Å². The van der Waals surface area contributed by atoms with E-state index in [1.54, 1.807) is 18.2 Å². The van der Waals surface area contributed by atoms with E-state index in [9.17, 15) is 14.4 Å². The molecule has 1 aliphatic heterocycles. The van der Waals surface area contributed by atoms with Crippen LogP contribution in [-0.2, 0) is 0 Å². The number of aromatic nitrogens is 1. The van der Waals surface area contributed by atoms with Crippen molar-refractivity contribution in [1.82, 2.24) is 9.88 Å². The maximum Gasteiger partial charge on any atom is 0.257 e. The second-order valence-corrected chi connectivity index (χ2v) is 8.37. The molecule has 3 aromatic rings. The minimum absolute atomic E-state index is 0.0649. The molecule has 0 N–H and O–H groups in total. The highest BCUT2D eigenvalue weighted by molar-refractivity contribution is 5.94. The summed E-state index contributed by atoms with van der Waals surface area (Å²) in [6.45, 7) is 7.69. The molecule has 1 aromatic carbocycles. The topological polar surface area (TPSA) is 73.4 Å². The summed E-state index contributed by atoms with van der Waals surface area (Å²) < 4.78 is 18.9. The van der Waals surface area contributed by atoms with Crippen molar-refractivity contribution in [3.05, 3.63) is 71.6 Å². The van der Waals surface area contributed by atoms with Crippen LogP contribution in [0, 0.1) is 17.1 Å². The summed E-state index contributed by atoms with van der Waals surface area (Å²) in [4.78, 5) is 21.5. The molecule has 0 radical (unpaired) electrons. The van der Waals surface area contributed by atoms with Crippen molar-refractivity contribution in [3.63, 3.8) is 0 Å². The van der Waals surface area contributed by atoms with Crippen LogP contribution in [0.15, 0.2) is 53.3 Å². The van der Waals surface area contributed by atoms with E-state index in [0.717, 1.165) is 11.3 Å². The molecular formula is C25H25FN4O2. The first-order chi connectivity index (χ1) is 15.4. The smallest absolute Gasteiger partial charge is 0.257 e. The number of anilines is 1. The zero-order valence-corrected chi connectivity index (χ0v) is 18.4. The Morgan fingerprint density at radius 3 is 2.72 bits per heavy atom. The second-order valence-electron chi connectivity index (χ2n) is 8.37. The molecule has 1 saturated heterocycles. The molecule has 0 unspecified atom stereocenters. The number of nitrogens with zero attached hydrogens (tertiary/aromatic N) is 4. The zero-order valence-electron chi connectivity index (χ0n) is 18.4. The van der Waals surface area contributed by atoms with E-state index in [2.05, 4.69) is 11.0 Å². The molecule has 0 spiro atoms. The van der Waals surface area contributed by atoms with E-state index < -0.39 is 0 Å².